The average molecular weight is 133 g/mol. The zero-order valence-corrected chi connectivity index (χ0v) is 5.68. The second kappa shape index (κ2) is 7.88. The van der Waals surface area contributed by atoms with E-state index in [0.29, 0.717) is 0 Å². The monoisotopic (exact) mass is 133 g/mol. The summed E-state index contributed by atoms with van der Waals surface area (Å²) in [5, 5.41) is 7.86. The molecule has 1 aliphatic carbocycles. The quantitative estimate of drug-likeness (QED) is 0.537. The lowest BCUT2D eigenvalue weighted by Crippen LogP contribution is -2.03. The summed E-state index contributed by atoms with van der Waals surface area (Å²) in [5.74, 6) is 4.48. The van der Waals surface area contributed by atoms with Gasteiger partial charge in [-0.05, 0) is 0 Å². The van der Waals surface area contributed by atoms with Gasteiger partial charge in [-0.3, -0.25) is 0 Å². The molecule has 1 fully saturated rings. The Morgan fingerprint density at radius 1 is 1.22 bits per heavy atom. The fourth-order valence-corrected chi connectivity index (χ4v) is 0.303. The Morgan fingerprint density at radius 3 is 1.67 bits per heavy atom. The minimum atomic E-state index is -0.00347. The summed E-state index contributed by atoms with van der Waals surface area (Å²) >= 11 is 0. The molecule has 0 spiro atoms. The smallest absolute Gasteiger partial charge is 0.0910 e. The predicted molar refractivity (Wildman–Crippen MR) is 35.7 cm³/mol. The number of rotatable bonds is 2. The van der Waals surface area contributed by atoms with Gasteiger partial charge in [-0.2, -0.15) is 0 Å². The lowest BCUT2D eigenvalue weighted by atomic mass is 10.0. The molecule has 56 valence electrons. The van der Waals surface area contributed by atoms with Crippen LogP contribution in [0.5, 0.6) is 0 Å². The van der Waals surface area contributed by atoms with Crippen molar-refractivity contribution in [1.29, 1.82) is 0 Å². The molecule has 1 rings (SSSR count). The third kappa shape index (κ3) is 7.88. The first-order chi connectivity index (χ1) is 4.41. The standard InChI is InChI=1S/C4H8.C2H7NO2/c1-2-4-3-1;3-5-2-1-4/h1-4H2;4H,1-3H2. The highest BCUT2D eigenvalue weighted by atomic mass is 16.6. The molecule has 0 aromatic heterocycles. The van der Waals surface area contributed by atoms with Gasteiger partial charge in [-0.1, -0.05) is 25.7 Å². The Bertz CT molecular complexity index is 40.3. The van der Waals surface area contributed by atoms with Crippen LogP contribution in [-0.2, 0) is 4.84 Å². The van der Waals surface area contributed by atoms with Gasteiger partial charge >= 0.3 is 0 Å². The van der Waals surface area contributed by atoms with Crippen molar-refractivity contribution in [2.75, 3.05) is 13.2 Å². The minimum Gasteiger partial charge on any atom is -0.394 e. The first-order valence-corrected chi connectivity index (χ1v) is 3.34. The first kappa shape index (κ1) is 8.88. The van der Waals surface area contributed by atoms with Gasteiger partial charge in [0.05, 0.1) is 13.2 Å². The Balaban J connectivity index is 0.000000144. The second-order valence-electron chi connectivity index (χ2n) is 2.01. The van der Waals surface area contributed by atoms with E-state index >= 15 is 0 Å². The Kier molecular flexibility index (Phi) is 7.77. The third-order valence-corrected chi connectivity index (χ3v) is 1.21. The van der Waals surface area contributed by atoms with Gasteiger partial charge in [0, 0.05) is 0 Å². The van der Waals surface area contributed by atoms with Gasteiger partial charge in [-0.25, -0.2) is 5.90 Å². The van der Waals surface area contributed by atoms with Crippen LogP contribution in [0.2, 0.25) is 0 Å². The lowest BCUT2D eigenvalue weighted by Gasteiger charge is -2.05. The third-order valence-electron chi connectivity index (χ3n) is 1.21. The van der Waals surface area contributed by atoms with Crippen LogP contribution in [0.3, 0.4) is 0 Å². The predicted octanol–water partition coefficient (Wildman–Crippen LogP) is 0.429. The highest BCUT2D eigenvalue weighted by Gasteiger charge is 1.95. The summed E-state index contributed by atoms with van der Waals surface area (Å²) in [7, 11) is 0. The van der Waals surface area contributed by atoms with E-state index in [9.17, 15) is 0 Å². The maximum Gasteiger partial charge on any atom is 0.0910 e. The molecule has 0 amide bonds. The molecule has 9 heavy (non-hydrogen) atoms. The van der Waals surface area contributed by atoms with Crippen LogP contribution in [0.4, 0.5) is 0 Å². The minimum absolute atomic E-state index is 0.00347. The van der Waals surface area contributed by atoms with Gasteiger partial charge in [0.2, 0.25) is 0 Å². The summed E-state index contributed by atoms with van der Waals surface area (Å²) in [6.45, 7) is 0.219. The van der Waals surface area contributed by atoms with E-state index in [1.165, 1.54) is 25.7 Å². The largest absolute Gasteiger partial charge is 0.394 e. The molecule has 0 heterocycles. The molecular weight excluding hydrogens is 118 g/mol. The van der Waals surface area contributed by atoms with Crippen molar-refractivity contribution >= 4 is 0 Å². The Hall–Kier alpha value is -0.120. The molecule has 0 unspecified atom stereocenters. The maximum absolute atomic E-state index is 7.86. The lowest BCUT2D eigenvalue weighted by molar-refractivity contribution is 0.0938. The van der Waals surface area contributed by atoms with E-state index in [-0.39, 0.29) is 13.2 Å². The Morgan fingerprint density at radius 2 is 1.67 bits per heavy atom. The van der Waals surface area contributed by atoms with Crippen LogP contribution < -0.4 is 5.90 Å². The number of hydrogen-bond acceptors (Lipinski definition) is 3. The number of nitrogens with two attached hydrogens (primary N) is 1. The summed E-state index contributed by atoms with van der Waals surface area (Å²) in [6, 6.07) is 0. The molecule has 3 heteroatoms. The summed E-state index contributed by atoms with van der Waals surface area (Å²) in [5.41, 5.74) is 0. The highest BCUT2D eigenvalue weighted by molar-refractivity contribution is 4.50. The molecule has 0 atom stereocenters. The first-order valence-electron chi connectivity index (χ1n) is 3.34. The highest BCUT2D eigenvalue weighted by Crippen LogP contribution is 2.15. The van der Waals surface area contributed by atoms with Crippen molar-refractivity contribution in [1.82, 2.24) is 0 Å². The Labute approximate surface area is 55.8 Å². The fourth-order valence-electron chi connectivity index (χ4n) is 0.303. The molecule has 0 radical (unpaired) electrons. The molecule has 1 aliphatic rings. The summed E-state index contributed by atoms with van der Waals surface area (Å²) in [6.07, 6.45) is 6.00. The van der Waals surface area contributed by atoms with E-state index in [2.05, 4.69) is 10.7 Å². The van der Waals surface area contributed by atoms with Crippen LogP contribution in [0.25, 0.3) is 0 Å². The summed E-state index contributed by atoms with van der Waals surface area (Å²) < 4.78 is 0. The zero-order valence-electron chi connectivity index (χ0n) is 5.68. The number of aliphatic hydroxyl groups excluding tert-OH is 1. The van der Waals surface area contributed by atoms with Crippen LogP contribution in [-0.4, -0.2) is 18.3 Å². The van der Waals surface area contributed by atoms with E-state index in [1.807, 2.05) is 0 Å². The number of hydrogen-bond donors (Lipinski definition) is 2. The average Bonchev–Trinajstić information content (AvgIpc) is 1.63. The summed E-state index contributed by atoms with van der Waals surface area (Å²) in [4.78, 5) is 3.94. The van der Waals surface area contributed by atoms with Gasteiger partial charge in [-0.15, -0.1) is 0 Å². The van der Waals surface area contributed by atoms with E-state index in [0.717, 1.165) is 0 Å². The van der Waals surface area contributed by atoms with Gasteiger partial charge in [0.15, 0.2) is 0 Å². The van der Waals surface area contributed by atoms with Gasteiger partial charge in [0.1, 0.15) is 0 Å². The van der Waals surface area contributed by atoms with Crippen LogP contribution in [0.15, 0.2) is 0 Å². The number of aliphatic hydroxyl groups is 1. The van der Waals surface area contributed by atoms with E-state index in [1.54, 1.807) is 0 Å². The van der Waals surface area contributed by atoms with Gasteiger partial charge < -0.3 is 9.94 Å². The molecule has 0 saturated heterocycles. The van der Waals surface area contributed by atoms with Crippen molar-refractivity contribution in [2.45, 2.75) is 25.7 Å². The molecule has 3 nitrogen and oxygen atoms in total. The van der Waals surface area contributed by atoms with Crippen molar-refractivity contribution in [3.8, 4) is 0 Å². The molecule has 0 aromatic rings. The normalized spacial score (nSPS) is 15.3. The SMILES string of the molecule is C1CCC1.NOCCO. The van der Waals surface area contributed by atoms with Crippen LogP contribution in [0.1, 0.15) is 25.7 Å². The van der Waals surface area contributed by atoms with Crippen molar-refractivity contribution in [3.63, 3.8) is 0 Å². The molecule has 0 bridgehead atoms. The topological polar surface area (TPSA) is 55.5 Å². The molecule has 1 saturated carbocycles. The van der Waals surface area contributed by atoms with Crippen molar-refractivity contribution in [2.24, 2.45) is 5.90 Å². The zero-order chi connectivity index (χ0) is 6.95. The van der Waals surface area contributed by atoms with E-state index < -0.39 is 0 Å². The van der Waals surface area contributed by atoms with Crippen LogP contribution in [0, 0.1) is 0 Å². The molecule has 3 N–H and O–H groups in total. The van der Waals surface area contributed by atoms with Crippen LogP contribution >= 0.6 is 0 Å². The van der Waals surface area contributed by atoms with Crippen molar-refractivity contribution in [3.05, 3.63) is 0 Å². The molecular formula is C6H15NO2. The maximum atomic E-state index is 7.86. The van der Waals surface area contributed by atoms with E-state index in [4.69, 9.17) is 5.11 Å². The molecule has 0 aromatic carbocycles. The second-order valence-corrected chi connectivity index (χ2v) is 2.01. The fraction of sp³-hybridized carbons (Fsp3) is 1.00. The van der Waals surface area contributed by atoms with Crippen molar-refractivity contribution < 1.29 is 9.94 Å². The molecule has 0 aliphatic heterocycles. The van der Waals surface area contributed by atoms with Gasteiger partial charge in [0.25, 0.3) is 0 Å².